The number of sulfonamides is 1. The molecule has 0 unspecified atom stereocenters. The summed E-state index contributed by atoms with van der Waals surface area (Å²) in [7, 11) is -2.08. The van der Waals surface area contributed by atoms with Gasteiger partial charge in [-0.15, -0.1) is 0 Å². The number of piperidine rings is 1. The Bertz CT molecular complexity index is 1440. The van der Waals surface area contributed by atoms with Crippen molar-refractivity contribution in [1.82, 2.24) is 28.8 Å². The van der Waals surface area contributed by atoms with Crippen molar-refractivity contribution in [3.8, 4) is 0 Å². The van der Waals surface area contributed by atoms with Crippen LogP contribution in [0, 0.1) is 0 Å². The average Bonchev–Trinajstić information content (AvgIpc) is 3.62. The van der Waals surface area contributed by atoms with Crippen LogP contribution in [0.2, 0.25) is 5.02 Å². The molecule has 2 fully saturated rings. The minimum absolute atomic E-state index is 0.00789. The summed E-state index contributed by atoms with van der Waals surface area (Å²) in [5, 5.41) is 0.382. The molecule has 1 saturated heterocycles. The van der Waals surface area contributed by atoms with Crippen LogP contribution in [0.5, 0.6) is 0 Å². The lowest BCUT2D eigenvalue weighted by atomic mass is 10.0. The van der Waals surface area contributed by atoms with Gasteiger partial charge < -0.3 is 9.47 Å². The summed E-state index contributed by atoms with van der Waals surface area (Å²) in [6.45, 7) is 1.07. The molecule has 13 heteroatoms. The minimum Gasteiger partial charge on any atom is -0.341 e. The Morgan fingerprint density at radius 3 is 2.30 bits per heavy atom. The first-order valence-electron chi connectivity index (χ1n) is 10.6. The van der Waals surface area contributed by atoms with Crippen molar-refractivity contribution in [3.05, 3.63) is 50.4 Å². The van der Waals surface area contributed by atoms with Gasteiger partial charge in [-0.2, -0.15) is 0 Å². The first-order valence-corrected chi connectivity index (χ1v) is 12.5. The molecule has 3 aromatic rings. The number of nitrogens with one attached hydrogen (secondary N) is 1. The third-order valence-electron chi connectivity index (χ3n) is 6.05. The van der Waals surface area contributed by atoms with Crippen LogP contribution in [0.15, 0.2) is 39.1 Å². The zero-order chi connectivity index (χ0) is 23.3. The SMILES string of the molecule is Cn1c(=O)c(=O)n(C2CCN(c3ncc(S(=O)(=O)NC4CC4)cn3)CC2)c2ncc(Cl)cc21. The maximum absolute atomic E-state index is 12.8. The second-order valence-electron chi connectivity index (χ2n) is 8.37. The number of aromatic nitrogens is 5. The van der Waals surface area contributed by atoms with E-state index in [1.54, 1.807) is 6.07 Å². The Morgan fingerprint density at radius 1 is 1.00 bits per heavy atom. The van der Waals surface area contributed by atoms with Gasteiger partial charge in [0, 0.05) is 38.4 Å². The van der Waals surface area contributed by atoms with E-state index in [9.17, 15) is 18.0 Å². The van der Waals surface area contributed by atoms with E-state index in [1.807, 2.05) is 4.90 Å². The van der Waals surface area contributed by atoms with E-state index in [0.717, 1.165) is 12.8 Å². The first kappa shape index (κ1) is 22.0. The highest BCUT2D eigenvalue weighted by Crippen LogP contribution is 2.27. The van der Waals surface area contributed by atoms with Crippen molar-refractivity contribution in [2.45, 2.75) is 42.7 Å². The van der Waals surface area contributed by atoms with E-state index >= 15 is 0 Å². The van der Waals surface area contributed by atoms with Gasteiger partial charge in [0.15, 0.2) is 5.65 Å². The predicted molar refractivity (Wildman–Crippen MR) is 122 cm³/mol. The van der Waals surface area contributed by atoms with Crippen LogP contribution < -0.4 is 20.7 Å². The number of nitrogens with zero attached hydrogens (tertiary/aromatic N) is 6. The quantitative estimate of drug-likeness (QED) is 0.519. The summed E-state index contributed by atoms with van der Waals surface area (Å²) in [6, 6.07) is 1.41. The second-order valence-corrected chi connectivity index (χ2v) is 10.5. The van der Waals surface area contributed by atoms with Crippen molar-refractivity contribution in [1.29, 1.82) is 0 Å². The normalized spacial score (nSPS) is 17.6. The van der Waals surface area contributed by atoms with E-state index < -0.39 is 21.1 Å². The Morgan fingerprint density at radius 2 is 1.67 bits per heavy atom. The molecule has 33 heavy (non-hydrogen) atoms. The monoisotopic (exact) mass is 491 g/mol. The molecule has 1 aliphatic heterocycles. The van der Waals surface area contributed by atoms with Crippen molar-refractivity contribution in [2.24, 2.45) is 7.05 Å². The lowest BCUT2D eigenvalue weighted by molar-refractivity contribution is 0.389. The molecule has 3 aromatic heterocycles. The molecular formula is C20H22ClN7O4S. The zero-order valence-corrected chi connectivity index (χ0v) is 19.4. The minimum atomic E-state index is -3.61. The van der Waals surface area contributed by atoms with E-state index in [1.165, 1.54) is 34.8 Å². The average molecular weight is 492 g/mol. The molecule has 1 aliphatic carbocycles. The first-order chi connectivity index (χ1) is 15.7. The maximum atomic E-state index is 12.8. The summed E-state index contributed by atoms with van der Waals surface area (Å²) in [4.78, 5) is 40.1. The molecule has 4 heterocycles. The molecule has 0 spiro atoms. The molecule has 1 saturated carbocycles. The Hall–Kier alpha value is -2.83. The number of hydrogen-bond acceptors (Lipinski definition) is 8. The molecule has 0 amide bonds. The fourth-order valence-corrected chi connectivity index (χ4v) is 5.41. The fraction of sp³-hybridized carbons (Fsp3) is 0.450. The van der Waals surface area contributed by atoms with E-state index in [0.29, 0.717) is 48.1 Å². The molecule has 174 valence electrons. The molecule has 0 radical (unpaired) electrons. The van der Waals surface area contributed by atoms with Crippen LogP contribution in [0.25, 0.3) is 11.2 Å². The van der Waals surface area contributed by atoms with Gasteiger partial charge in [0.05, 0.1) is 22.9 Å². The molecule has 0 aromatic carbocycles. The number of halogens is 1. The van der Waals surface area contributed by atoms with Crippen LogP contribution in [-0.4, -0.2) is 51.6 Å². The van der Waals surface area contributed by atoms with Crippen molar-refractivity contribution in [2.75, 3.05) is 18.0 Å². The summed E-state index contributed by atoms with van der Waals surface area (Å²) < 4.78 is 29.9. The van der Waals surface area contributed by atoms with E-state index in [4.69, 9.17) is 11.6 Å². The van der Waals surface area contributed by atoms with Gasteiger partial charge in [-0.3, -0.25) is 14.2 Å². The third-order valence-corrected chi connectivity index (χ3v) is 7.73. The Labute approximate surface area is 194 Å². The number of rotatable bonds is 5. The molecule has 0 bridgehead atoms. The summed E-state index contributed by atoms with van der Waals surface area (Å²) in [5.41, 5.74) is -0.338. The Balaban J connectivity index is 1.36. The van der Waals surface area contributed by atoms with Crippen molar-refractivity contribution < 1.29 is 8.42 Å². The summed E-state index contributed by atoms with van der Waals surface area (Å²) in [6.07, 6.45) is 6.92. The van der Waals surface area contributed by atoms with Crippen LogP contribution in [0.3, 0.4) is 0 Å². The standard InChI is InChI=1S/C20H22ClN7O4S/c1-26-16-8-12(21)9-22-17(16)28(19(30)18(26)29)14-4-6-27(7-5-14)20-23-10-15(11-24-20)33(31,32)25-13-2-3-13/h8-11,13-14,25H,2-7H2,1H3. The third kappa shape index (κ3) is 4.13. The highest BCUT2D eigenvalue weighted by atomic mass is 35.5. The van der Waals surface area contributed by atoms with Gasteiger partial charge in [0.1, 0.15) is 4.90 Å². The smallest absolute Gasteiger partial charge is 0.318 e. The number of pyridine rings is 1. The van der Waals surface area contributed by atoms with E-state index in [-0.39, 0.29) is 17.0 Å². The number of fused-ring (bicyclic) bond motifs is 1. The zero-order valence-electron chi connectivity index (χ0n) is 17.8. The topological polar surface area (TPSA) is 132 Å². The highest BCUT2D eigenvalue weighted by Gasteiger charge is 2.29. The van der Waals surface area contributed by atoms with Crippen molar-refractivity contribution >= 4 is 38.7 Å². The number of anilines is 1. The number of aryl methyl sites for hydroxylation is 1. The van der Waals surface area contributed by atoms with Gasteiger partial charge in [-0.1, -0.05) is 11.6 Å². The largest absolute Gasteiger partial charge is 0.341 e. The molecule has 11 nitrogen and oxygen atoms in total. The van der Waals surface area contributed by atoms with Gasteiger partial charge >= 0.3 is 11.1 Å². The van der Waals surface area contributed by atoms with E-state index in [2.05, 4.69) is 19.7 Å². The molecule has 2 aliphatic rings. The van der Waals surface area contributed by atoms with Crippen LogP contribution in [-0.2, 0) is 17.1 Å². The highest BCUT2D eigenvalue weighted by molar-refractivity contribution is 7.89. The van der Waals surface area contributed by atoms with Gasteiger partial charge in [-0.05, 0) is 31.7 Å². The van der Waals surface area contributed by atoms with Gasteiger partial charge in [-0.25, -0.2) is 28.1 Å². The van der Waals surface area contributed by atoms with Crippen LogP contribution >= 0.6 is 11.6 Å². The molecular weight excluding hydrogens is 470 g/mol. The lowest BCUT2D eigenvalue weighted by Crippen LogP contribution is -2.45. The summed E-state index contributed by atoms with van der Waals surface area (Å²) in [5.74, 6) is 0.421. The molecule has 5 rings (SSSR count). The molecule has 1 N–H and O–H groups in total. The Kier molecular flexibility index (Phi) is 5.46. The fourth-order valence-electron chi connectivity index (χ4n) is 4.07. The van der Waals surface area contributed by atoms with Crippen LogP contribution in [0.1, 0.15) is 31.7 Å². The second kappa shape index (κ2) is 8.19. The van der Waals surface area contributed by atoms with Gasteiger partial charge in [0.2, 0.25) is 16.0 Å². The lowest BCUT2D eigenvalue weighted by Gasteiger charge is -2.33. The summed E-state index contributed by atoms with van der Waals surface area (Å²) >= 11 is 6.05. The van der Waals surface area contributed by atoms with Crippen LogP contribution in [0.4, 0.5) is 5.95 Å². The maximum Gasteiger partial charge on any atom is 0.318 e. The van der Waals surface area contributed by atoms with Gasteiger partial charge in [0.25, 0.3) is 0 Å². The van der Waals surface area contributed by atoms with Crippen molar-refractivity contribution in [3.63, 3.8) is 0 Å². The number of hydrogen-bond donors (Lipinski definition) is 1. The predicted octanol–water partition coefficient (Wildman–Crippen LogP) is 0.821. The molecule has 0 atom stereocenters.